The molecule has 1 atom stereocenters. The van der Waals surface area contributed by atoms with E-state index in [2.05, 4.69) is 15.5 Å². The lowest BCUT2D eigenvalue weighted by Gasteiger charge is -2.33. The lowest BCUT2D eigenvalue weighted by molar-refractivity contribution is -0.119. The van der Waals surface area contributed by atoms with E-state index in [0.717, 1.165) is 30.0 Å². The van der Waals surface area contributed by atoms with Gasteiger partial charge in [0, 0.05) is 11.4 Å². The number of amides is 2. The second-order valence-corrected chi connectivity index (χ2v) is 7.75. The lowest BCUT2D eigenvalue weighted by atomic mass is 10.1. The van der Waals surface area contributed by atoms with Crippen LogP contribution in [0.4, 0.5) is 17.1 Å². The van der Waals surface area contributed by atoms with Crippen molar-refractivity contribution in [3.05, 3.63) is 48.0 Å². The Kier molecular flexibility index (Phi) is 5.44. The van der Waals surface area contributed by atoms with Crippen LogP contribution in [0.15, 0.2) is 47.4 Å². The summed E-state index contributed by atoms with van der Waals surface area (Å²) in [5, 5.41) is 5.62. The summed E-state index contributed by atoms with van der Waals surface area (Å²) in [7, 11) is 0. The first kappa shape index (κ1) is 19.3. The highest BCUT2D eigenvalue weighted by Crippen LogP contribution is 2.37. The largest absolute Gasteiger partial charge is 0.452 e. The number of thioether (sulfide) groups is 1. The average Bonchev–Trinajstić information content (AvgIpc) is 3.23. The van der Waals surface area contributed by atoms with E-state index in [9.17, 15) is 14.4 Å². The summed E-state index contributed by atoms with van der Waals surface area (Å²) in [6.07, 6.45) is 3.73. The number of ether oxygens (including phenoxy) is 1. The fraction of sp³-hybridized carbons (Fsp3) is 0.286. The maximum absolute atomic E-state index is 12.4. The zero-order chi connectivity index (χ0) is 20.4. The van der Waals surface area contributed by atoms with Crippen molar-refractivity contribution in [3.63, 3.8) is 0 Å². The number of hydrogen-bond donors (Lipinski definition) is 2. The van der Waals surface area contributed by atoms with Gasteiger partial charge in [0.15, 0.2) is 6.61 Å². The quantitative estimate of drug-likeness (QED) is 0.581. The van der Waals surface area contributed by atoms with Crippen molar-refractivity contribution in [2.75, 3.05) is 34.9 Å². The second kappa shape index (κ2) is 8.16. The van der Waals surface area contributed by atoms with Gasteiger partial charge in [-0.2, -0.15) is 0 Å². The van der Waals surface area contributed by atoms with Crippen molar-refractivity contribution in [2.45, 2.75) is 23.8 Å². The topological polar surface area (TPSA) is 87.7 Å². The monoisotopic (exact) mass is 411 g/mol. The predicted octanol–water partition coefficient (Wildman–Crippen LogP) is 3.12. The molecule has 0 unspecified atom stereocenters. The summed E-state index contributed by atoms with van der Waals surface area (Å²) >= 11 is 1.52. The number of para-hydroxylation sites is 1. The molecule has 150 valence electrons. The van der Waals surface area contributed by atoms with Crippen LogP contribution in [0.1, 0.15) is 23.2 Å². The van der Waals surface area contributed by atoms with Crippen LogP contribution in [0.2, 0.25) is 0 Å². The van der Waals surface area contributed by atoms with Crippen LogP contribution in [0.25, 0.3) is 0 Å². The van der Waals surface area contributed by atoms with Gasteiger partial charge in [0.25, 0.3) is 5.91 Å². The number of nitrogens with one attached hydrogen (secondary N) is 2. The third-order valence-corrected chi connectivity index (χ3v) is 5.87. The number of benzene rings is 2. The normalized spacial score (nSPS) is 17.2. The van der Waals surface area contributed by atoms with Gasteiger partial charge in [-0.3, -0.25) is 9.59 Å². The zero-order valence-electron chi connectivity index (χ0n) is 15.9. The Morgan fingerprint density at radius 2 is 2.10 bits per heavy atom. The van der Waals surface area contributed by atoms with E-state index in [0.29, 0.717) is 16.9 Å². The summed E-state index contributed by atoms with van der Waals surface area (Å²) in [6.45, 7) is 0.436. The number of esters is 1. The van der Waals surface area contributed by atoms with Crippen LogP contribution in [0.3, 0.4) is 0 Å². The van der Waals surface area contributed by atoms with Gasteiger partial charge in [0.1, 0.15) is 6.04 Å². The molecule has 29 heavy (non-hydrogen) atoms. The van der Waals surface area contributed by atoms with E-state index >= 15 is 0 Å². The van der Waals surface area contributed by atoms with Crippen molar-refractivity contribution >= 4 is 46.6 Å². The lowest BCUT2D eigenvalue weighted by Crippen LogP contribution is -2.43. The van der Waals surface area contributed by atoms with Crippen LogP contribution in [-0.2, 0) is 14.3 Å². The van der Waals surface area contributed by atoms with E-state index in [1.807, 2.05) is 30.5 Å². The molecule has 0 aliphatic carbocycles. The number of carbonyl (C=O) groups excluding carboxylic acids is 3. The summed E-state index contributed by atoms with van der Waals surface area (Å²) in [4.78, 5) is 39.8. The van der Waals surface area contributed by atoms with Gasteiger partial charge in [-0.1, -0.05) is 12.1 Å². The van der Waals surface area contributed by atoms with Gasteiger partial charge in [-0.25, -0.2) is 4.79 Å². The minimum atomic E-state index is -0.612. The molecule has 2 heterocycles. The maximum Gasteiger partial charge on any atom is 0.338 e. The minimum Gasteiger partial charge on any atom is -0.452 e. The molecule has 4 rings (SSSR count). The fourth-order valence-corrected chi connectivity index (χ4v) is 4.26. The van der Waals surface area contributed by atoms with Crippen molar-refractivity contribution in [2.24, 2.45) is 0 Å². The van der Waals surface area contributed by atoms with E-state index in [1.54, 1.807) is 18.2 Å². The van der Waals surface area contributed by atoms with E-state index in [1.165, 1.54) is 11.8 Å². The summed E-state index contributed by atoms with van der Waals surface area (Å²) in [6, 6.07) is 12.4. The molecule has 2 aliphatic heterocycles. The molecule has 1 saturated heterocycles. The minimum absolute atomic E-state index is 0.0487. The van der Waals surface area contributed by atoms with Gasteiger partial charge in [-0.15, -0.1) is 11.8 Å². The molecule has 2 amide bonds. The molecule has 2 aliphatic rings. The molecule has 2 aromatic rings. The van der Waals surface area contributed by atoms with Crippen molar-refractivity contribution in [1.29, 1.82) is 0 Å². The van der Waals surface area contributed by atoms with Gasteiger partial charge in [-0.05, 0) is 49.4 Å². The molecular weight excluding hydrogens is 390 g/mol. The third kappa shape index (κ3) is 3.93. The molecule has 0 saturated carbocycles. The summed E-state index contributed by atoms with van der Waals surface area (Å²) < 4.78 is 5.16. The molecule has 2 N–H and O–H groups in total. The first-order chi connectivity index (χ1) is 14.1. The highest BCUT2D eigenvalue weighted by atomic mass is 32.2. The summed E-state index contributed by atoms with van der Waals surface area (Å²) in [5.74, 6) is -1.07. The maximum atomic E-state index is 12.4. The molecule has 0 radical (unpaired) electrons. The molecule has 8 heteroatoms. The zero-order valence-corrected chi connectivity index (χ0v) is 16.8. The van der Waals surface area contributed by atoms with Crippen LogP contribution >= 0.6 is 11.8 Å². The number of fused-ring (bicyclic) bond motifs is 3. The van der Waals surface area contributed by atoms with Gasteiger partial charge in [0.2, 0.25) is 5.91 Å². The molecular formula is C21H21N3O4S. The van der Waals surface area contributed by atoms with Crippen LogP contribution in [0.5, 0.6) is 0 Å². The van der Waals surface area contributed by atoms with Crippen molar-refractivity contribution in [1.82, 2.24) is 0 Å². The molecule has 0 bridgehead atoms. The molecule has 1 fully saturated rings. The highest BCUT2D eigenvalue weighted by molar-refractivity contribution is 7.98. The van der Waals surface area contributed by atoms with Crippen molar-refractivity contribution < 1.29 is 19.1 Å². The predicted molar refractivity (Wildman–Crippen MR) is 113 cm³/mol. The highest BCUT2D eigenvalue weighted by Gasteiger charge is 2.36. The van der Waals surface area contributed by atoms with Gasteiger partial charge in [0.05, 0.1) is 22.6 Å². The number of nitrogens with zero attached hydrogens (tertiary/aromatic N) is 1. The molecule has 0 aromatic heterocycles. The number of carbonyl (C=O) groups is 3. The molecule has 7 nitrogen and oxygen atoms in total. The Morgan fingerprint density at radius 3 is 2.93 bits per heavy atom. The molecule has 0 spiro atoms. The Balaban J connectivity index is 1.40. The van der Waals surface area contributed by atoms with E-state index in [4.69, 9.17) is 4.74 Å². The van der Waals surface area contributed by atoms with Crippen LogP contribution < -0.4 is 15.5 Å². The first-order valence-corrected chi connectivity index (χ1v) is 10.6. The Hall–Kier alpha value is -3.00. The molecule has 2 aromatic carbocycles. The standard InChI is InChI=1S/C21H21N3O4S/c1-29-18-7-3-2-5-14(18)22-19(25)12-28-21(27)13-8-9-16-15(11-13)23-20(26)17-6-4-10-24(16)17/h2-3,5,7-9,11,17H,4,6,10,12H2,1H3,(H,22,25)(H,23,26)/t17-/m1/s1. The first-order valence-electron chi connectivity index (χ1n) is 9.38. The number of hydrogen-bond acceptors (Lipinski definition) is 6. The van der Waals surface area contributed by atoms with Crippen LogP contribution in [-0.4, -0.2) is 43.2 Å². The van der Waals surface area contributed by atoms with Crippen molar-refractivity contribution in [3.8, 4) is 0 Å². The smallest absolute Gasteiger partial charge is 0.338 e. The van der Waals surface area contributed by atoms with Crippen LogP contribution in [0, 0.1) is 0 Å². The third-order valence-electron chi connectivity index (χ3n) is 5.07. The van der Waals surface area contributed by atoms with Gasteiger partial charge < -0.3 is 20.3 Å². The van der Waals surface area contributed by atoms with E-state index < -0.39 is 11.9 Å². The summed E-state index contributed by atoms with van der Waals surface area (Å²) in [5.41, 5.74) is 2.48. The Labute approximate surface area is 172 Å². The SMILES string of the molecule is CSc1ccccc1NC(=O)COC(=O)c1ccc2c(c1)NC(=O)[C@H]1CCCN21. The van der Waals surface area contributed by atoms with Gasteiger partial charge >= 0.3 is 5.97 Å². The second-order valence-electron chi connectivity index (χ2n) is 6.90. The number of rotatable bonds is 5. The Morgan fingerprint density at radius 1 is 1.28 bits per heavy atom. The Bertz CT molecular complexity index is 978. The average molecular weight is 411 g/mol. The van der Waals surface area contributed by atoms with E-state index in [-0.39, 0.29) is 18.6 Å². The number of anilines is 3. The fourth-order valence-electron chi connectivity index (χ4n) is 3.71.